The number of rotatable bonds is 5. The van der Waals surface area contributed by atoms with Crippen LogP contribution in [0.5, 0.6) is 0 Å². The Hall–Kier alpha value is -2.32. The van der Waals surface area contributed by atoms with Gasteiger partial charge in [-0.15, -0.1) is 0 Å². The summed E-state index contributed by atoms with van der Waals surface area (Å²) in [6.45, 7) is 0. The number of aromatic nitrogens is 2. The molecule has 0 bridgehead atoms. The lowest BCUT2D eigenvalue weighted by Crippen LogP contribution is -2.62. The molecule has 2 amide bonds. The standard InChI is InChI=1S/C24H32ClN5O3/c25-14-5-10-20-19(13-14)28-24(33)30(20)16-8-6-15(7-9-16)26-22(31)12-11-21-27-18-4-2-1-3-17(18)23(32)29-21/h5,10,13,15-18,21,27H,1-4,6-9,11-12H2,(H,26,31)(H,28,33)(H,29,32). The van der Waals surface area contributed by atoms with Gasteiger partial charge in [-0.25, -0.2) is 4.79 Å². The molecule has 1 saturated heterocycles. The molecule has 4 N–H and O–H groups in total. The fourth-order valence-corrected chi connectivity index (χ4v) is 6.07. The highest BCUT2D eigenvalue weighted by molar-refractivity contribution is 6.31. The molecule has 2 aliphatic carbocycles. The summed E-state index contributed by atoms with van der Waals surface area (Å²) < 4.78 is 1.83. The first-order chi connectivity index (χ1) is 16.0. The first-order valence-corrected chi connectivity index (χ1v) is 12.6. The Labute approximate surface area is 197 Å². The number of halogens is 1. The van der Waals surface area contributed by atoms with E-state index >= 15 is 0 Å². The van der Waals surface area contributed by atoms with Crippen molar-refractivity contribution >= 4 is 34.4 Å². The molecule has 5 rings (SSSR count). The van der Waals surface area contributed by atoms with Crippen LogP contribution >= 0.6 is 11.6 Å². The molecule has 3 unspecified atom stereocenters. The van der Waals surface area contributed by atoms with Crippen molar-refractivity contribution in [2.45, 2.75) is 88.5 Å². The lowest BCUT2D eigenvalue weighted by atomic mass is 9.82. The van der Waals surface area contributed by atoms with Crippen LogP contribution in [0.1, 0.15) is 70.3 Å². The van der Waals surface area contributed by atoms with Crippen molar-refractivity contribution < 1.29 is 9.59 Å². The van der Waals surface area contributed by atoms with E-state index in [0.717, 1.165) is 62.4 Å². The monoisotopic (exact) mass is 473 g/mol. The molecule has 1 aliphatic heterocycles. The van der Waals surface area contributed by atoms with Crippen LogP contribution in [0.2, 0.25) is 5.02 Å². The minimum Gasteiger partial charge on any atom is -0.353 e. The lowest BCUT2D eigenvalue weighted by Gasteiger charge is -2.40. The highest BCUT2D eigenvalue weighted by Crippen LogP contribution is 2.31. The summed E-state index contributed by atoms with van der Waals surface area (Å²) in [5.41, 5.74) is 1.52. The van der Waals surface area contributed by atoms with E-state index in [4.69, 9.17) is 11.6 Å². The van der Waals surface area contributed by atoms with Crippen molar-refractivity contribution in [1.29, 1.82) is 0 Å². The van der Waals surface area contributed by atoms with Gasteiger partial charge in [0.05, 0.1) is 23.1 Å². The van der Waals surface area contributed by atoms with Crippen molar-refractivity contribution in [3.63, 3.8) is 0 Å². The van der Waals surface area contributed by atoms with E-state index in [0.29, 0.717) is 17.9 Å². The summed E-state index contributed by atoms with van der Waals surface area (Å²) in [5.74, 6) is 0.247. The number of hydrogen-bond donors (Lipinski definition) is 4. The van der Waals surface area contributed by atoms with Crippen LogP contribution in [0.15, 0.2) is 23.0 Å². The van der Waals surface area contributed by atoms with Crippen LogP contribution in [0.3, 0.4) is 0 Å². The van der Waals surface area contributed by atoms with Crippen LogP contribution < -0.4 is 21.6 Å². The molecule has 33 heavy (non-hydrogen) atoms. The molecule has 8 nitrogen and oxygen atoms in total. The number of nitrogens with one attached hydrogen (secondary N) is 4. The molecule has 3 atom stereocenters. The first-order valence-electron chi connectivity index (χ1n) is 12.2. The third-order valence-corrected chi connectivity index (χ3v) is 7.84. The maximum absolute atomic E-state index is 12.6. The molecule has 0 spiro atoms. The Bertz CT molecular complexity index is 1090. The van der Waals surface area contributed by atoms with Gasteiger partial charge in [0.2, 0.25) is 11.8 Å². The summed E-state index contributed by atoms with van der Waals surface area (Å²) in [4.78, 5) is 40.3. The van der Waals surface area contributed by atoms with E-state index in [-0.39, 0.29) is 47.7 Å². The molecule has 1 aromatic heterocycles. The molecule has 9 heteroatoms. The molecule has 2 saturated carbocycles. The van der Waals surface area contributed by atoms with Gasteiger partial charge in [-0.3, -0.25) is 19.5 Å². The van der Waals surface area contributed by atoms with Gasteiger partial charge in [0.1, 0.15) is 0 Å². The second kappa shape index (κ2) is 9.50. The van der Waals surface area contributed by atoms with Gasteiger partial charge in [-0.1, -0.05) is 24.4 Å². The van der Waals surface area contributed by atoms with Gasteiger partial charge in [-0.05, 0) is 63.1 Å². The number of fused-ring (bicyclic) bond motifs is 2. The van der Waals surface area contributed by atoms with Crippen LogP contribution in [-0.2, 0) is 9.59 Å². The zero-order valence-corrected chi connectivity index (χ0v) is 19.5. The van der Waals surface area contributed by atoms with E-state index < -0.39 is 0 Å². The van der Waals surface area contributed by atoms with Gasteiger partial charge >= 0.3 is 5.69 Å². The van der Waals surface area contributed by atoms with E-state index in [2.05, 4.69) is 20.9 Å². The van der Waals surface area contributed by atoms with Gasteiger partial charge < -0.3 is 15.6 Å². The third-order valence-electron chi connectivity index (χ3n) is 7.60. The van der Waals surface area contributed by atoms with Gasteiger partial charge in [-0.2, -0.15) is 0 Å². The second-order valence-corrected chi connectivity index (χ2v) is 10.2. The number of hydrogen-bond acceptors (Lipinski definition) is 4. The van der Waals surface area contributed by atoms with E-state index in [1.807, 2.05) is 10.6 Å². The number of benzene rings is 1. The zero-order chi connectivity index (χ0) is 22.9. The Morgan fingerprint density at radius 3 is 2.70 bits per heavy atom. The second-order valence-electron chi connectivity index (χ2n) is 9.80. The van der Waals surface area contributed by atoms with Crippen molar-refractivity contribution in [3.05, 3.63) is 33.7 Å². The van der Waals surface area contributed by atoms with Gasteiger partial charge in [0, 0.05) is 29.6 Å². The maximum Gasteiger partial charge on any atom is 0.326 e. The SMILES string of the molecule is O=C(CCC1NC(=O)C2CCCCC2N1)NC1CCC(n2c(=O)[nH]c3cc(Cl)ccc32)CC1. The largest absolute Gasteiger partial charge is 0.353 e. The predicted octanol–water partition coefficient (Wildman–Crippen LogP) is 2.97. The minimum absolute atomic E-state index is 0.0270. The van der Waals surface area contributed by atoms with E-state index in [9.17, 15) is 14.4 Å². The number of H-pyrrole nitrogens is 1. The minimum atomic E-state index is -0.124. The van der Waals surface area contributed by atoms with Crippen molar-refractivity contribution in [2.75, 3.05) is 0 Å². The molecule has 1 aromatic carbocycles. The molecular formula is C24H32ClN5O3. The fraction of sp³-hybridized carbons (Fsp3) is 0.625. The normalized spacial score (nSPS) is 30.0. The maximum atomic E-state index is 12.6. The molecule has 2 aromatic rings. The Morgan fingerprint density at radius 1 is 1.09 bits per heavy atom. The number of carbonyl (C=O) groups is 2. The highest BCUT2D eigenvalue weighted by Gasteiger charge is 2.37. The number of amides is 2. The summed E-state index contributed by atoms with van der Waals surface area (Å²) in [5, 5.41) is 10.3. The molecule has 178 valence electrons. The Kier molecular flexibility index (Phi) is 6.47. The first kappa shape index (κ1) is 22.5. The van der Waals surface area contributed by atoms with Crippen LogP contribution in [0.25, 0.3) is 11.0 Å². The average molecular weight is 474 g/mol. The molecular weight excluding hydrogens is 442 g/mol. The van der Waals surface area contributed by atoms with Crippen molar-refractivity contribution in [2.24, 2.45) is 5.92 Å². The third kappa shape index (κ3) is 4.82. The summed E-state index contributed by atoms with van der Waals surface area (Å²) in [7, 11) is 0. The average Bonchev–Trinajstić information content (AvgIpc) is 3.13. The smallest absolute Gasteiger partial charge is 0.326 e. The van der Waals surface area contributed by atoms with Crippen LogP contribution in [-0.4, -0.2) is 39.6 Å². The van der Waals surface area contributed by atoms with Crippen LogP contribution in [0.4, 0.5) is 0 Å². The molecule has 2 heterocycles. The lowest BCUT2D eigenvalue weighted by molar-refractivity contribution is -0.131. The summed E-state index contributed by atoms with van der Waals surface area (Å²) in [6, 6.07) is 5.96. The Balaban J connectivity index is 1.10. The number of imidazole rings is 1. The van der Waals surface area contributed by atoms with Gasteiger partial charge in [0.15, 0.2) is 0 Å². The summed E-state index contributed by atoms with van der Waals surface area (Å²) >= 11 is 6.05. The molecule has 3 fully saturated rings. The quantitative estimate of drug-likeness (QED) is 0.535. The fourth-order valence-electron chi connectivity index (χ4n) is 5.90. The number of carbonyl (C=O) groups excluding carboxylic acids is 2. The van der Waals surface area contributed by atoms with E-state index in [1.165, 1.54) is 0 Å². The molecule has 0 radical (unpaired) electrons. The van der Waals surface area contributed by atoms with Crippen molar-refractivity contribution in [1.82, 2.24) is 25.5 Å². The number of nitrogens with zero attached hydrogens (tertiary/aromatic N) is 1. The van der Waals surface area contributed by atoms with Crippen molar-refractivity contribution in [3.8, 4) is 0 Å². The molecule has 3 aliphatic rings. The van der Waals surface area contributed by atoms with E-state index in [1.54, 1.807) is 12.1 Å². The zero-order valence-electron chi connectivity index (χ0n) is 18.7. The summed E-state index contributed by atoms with van der Waals surface area (Å²) in [6.07, 6.45) is 8.49. The Morgan fingerprint density at radius 2 is 1.88 bits per heavy atom. The van der Waals surface area contributed by atoms with Crippen LogP contribution in [0, 0.1) is 5.92 Å². The topological polar surface area (TPSA) is 108 Å². The predicted molar refractivity (Wildman–Crippen MR) is 127 cm³/mol. The van der Waals surface area contributed by atoms with Gasteiger partial charge in [0.25, 0.3) is 0 Å². The number of aromatic amines is 1. The highest BCUT2D eigenvalue weighted by atomic mass is 35.5.